The van der Waals surface area contributed by atoms with Crippen LogP contribution in [0.5, 0.6) is 5.75 Å². The number of rotatable bonds is 7. The van der Waals surface area contributed by atoms with Crippen LogP contribution >= 0.6 is 0 Å². The second-order valence-corrected chi connectivity index (χ2v) is 6.09. The van der Waals surface area contributed by atoms with Gasteiger partial charge in [-0.05, 0) is 39.8 Å². The highest BCUT2D eigenvalue weighted by atomic mass is 16.5. The zero-order valence-electron chi connectivity index (χ0n) is 15.8. The first-order valence-corrected chi connectivity index (χ1v) is 8.52. The van der Waals surface area contributed by atoms with Gasteiger partial charge in [0.15, 0.2) is 0 Å². The van der Waals surface area contributed by atoms with Crippen molar-refractivity contribution in [2.24, 2.45) is 0 Å². The molecule has 1 N–H and O–H groups in total. The number of amides is 2. The summed E-state index contributed by atoms with van der Waals surface area (Å²) in [6, 6.07) is 7.08. The predicted molar refractivity (Wildman–Crippen MR) is 98.3 cm³/mol. The maximum Gasteiger partial charge on any atom is 0.243 e. The molecule has 2 aromatic rings. The number of hydrogen-bond acceptors (Lipinski definition) is 5. The van der Waals surface area contributed by atoms with Crippen LogP contribution in [0.25, 0.3) is 0 Å². The van der Waals surface area contributed by atoms with Crippen molar-refractivity contribution in [3.8, 4) is 5.75 Å². The Balaban J connectivity index is 2.05. The summed E-state index contributed by atoms with van der Waals surface area (Å²) < 4.78 is 10.3. The summed E-state index contributed by atoms with van der Waals surface area (Å²) in [5.74, 6) is 0.450. The fraction of sp³-hybridized carbons (Fsp3) is 0.421. The maximum absolute atomic E-state index is 12.8. The Kier molecular flexibility index (Phi) is 6.38. The second-order valence-electron chi connectivity index (χ2n) is 6.09. The van der Waals surface area contributed by atoms with Crippen LogP contribution in [0, 0.1) is 13.8 Å². The minimum atomic E-state index is -0.425. The summed E-state index contributed by atoms with van der Waals surface area (Å²) in [7, 11) is 1.56. The molecule has 1 aromatic carbocycles. The van der Waals surface area contributed by atoms with Crippen LogP contribution in [-0.2, 0) is 9.59 Å². The summed E-state index contributed by atoms with van der Waals surface area (Å²) in [6.07, 6.45) is 0. The quantitative estimate of drug-likeness (QED) is 0.822. The Hall–Kier alpha value is -2.83. The minimum Gasteiger partial charge on any atom is -0.497 e. The van der Waals surface area contributed by atoms with Crippen LogP contribution < -0.4 is 10.1 Å². The molecule has 0 fully saturated rings. The third-order valence-corrected chi connectivity index (χ3v) is 4.27. The lowest BCUT2D eigenvalue weighted by atomic mass is 9.98. The van der Waals surface area contributed by atoms with Crippen LogP contribution in [0.15, 0.2) is 28.8 Å². The van der Waals surface area contributed by atoms with E-state index in [0.717, 1.165) is 5.56 Å². The van der Waals surface area contributed by atoms with Crippen molar-refractivity contribution in [1.29, 1.82) is 0 Å². The van der Waals surface area contributed by atoms with Gasteiger partial charge < -0.3 is 19.5 Å². The van der Waals surface area contributed by atoms with E-state index < -0.39 is 5.92 Å². The number of aromatic nitrogens is 1. The number of nitrogens with zero attached hydrogens (tertiary/aromatic N) is 2. The first kappa shape index (κ1) is 19.5. The van der Waals surface area contributed by atoms with Gasteiger partial charge in [0.25, 0.3) is 0 Å². The van der Waals surface area contributed by atoms with Gasteiger partial charge in [0.05, 0.1) is 25.3 Å². The van der Waals surface area contributed by atoms with Crippen molar-refractivity contribution in [3.63, 3.8) is 0 Å². The van der Waals surface area contributed by atoms with Gasteiger partial charge in [-0.25, -0.2) is 0 Å². The normalized spacial score (nSPS) is 11.7. The molecule has 0 spiro atoms. The molecule has 1 aromatic heterocycles. The molecule has 0 bridgehead atoms. The SMILES string of the molecule is CCN(CC(=O)Nc1cccc(OC)c1)C(=O)C(C)c1c(C)noc1C. The van der Waals surface area contributed by atoms with Gasteiger partial charge >= 0.3 is 0 Å². The largest absolute Gasteiger partial charge is 0.497 e. The smallest absolute Gasteiger partial charge is 0.243 e. The van der Waals surface area contributed by atoms with Crippen LogP contribution in [0.4, 0.5) is 5.69 Å². The number of aryl methyl sites for hydroxylation is 2. The van der Waals surface area contributed by atoms with Gasteiger partial charge in [-0.1, -0.05) is 11.2 Å². The molecule has 140 valence electrons. The number of methoxy groups -OCH3 is 1. The van der Waals surface area contributed by atoms with Crippen LogP contribution in [0.3, 0.4) is 0 Å². The topological polar surface area (TPSA) is 84.7 Å². The molecule has 7 nitrogen and oxygen atoms in total. The summed E-state index contributed by atoms with van der Waals surface area (Å²) in [4.78, 5) is 26.7. The summed E-state index contributed by atoms with van der Waals surface area (Å²) >= 11 is 0. The van der Waals surface area contributed by atoms with Gasteiger partial charge in [0, 0.05) is 23.9 Å². The number of carbonyl (C=O) groups is 2. The van der Waals surface area contributed by atoms with E-state index in [1.54, 1.807) is 52.1 Å². The van der Waals surface area contributed by atoms with E-state index >= 15 is 0 Å². The molecule has 0 saturated heterocycles. The average Bonchev–Trinajstić information content (AvgIpc) is 2.97. The fourth-order valence-electron chi connectivity index (χ4n) is 2.93. The second kappa shape index (κ2) is 8.51. The number of benzene rings is 1. The van der Waals surface area contributed by atoms with Crippen molar-refractivity contribution < 1.29 is 18.8 Å². The molecular formula is C19H25N3O4. The Labute approximate surface area is 153 Å². The lowest BCUT2D eigenvalue weighted by Gasteiger charge is -2.24. The van der Waals surface area contributed by atoms with Crippen molar-refractivity contribution in [1.82, 2.24) is 10.1 Å². The summed E-state index contributed by atoms with van der Waals surface area (Å²) in [6.45, 7) is 7.64. The molecule has 1 unspecified atom stereocenters. The highest BCUT2D eigenvalue weighted by Gasteiger charge is 2.27. The zero-order chi connectivity index (χ0) is 19.3. The predicted octanol–water partition coefficient (Wildman–Crippen LogP) is 2.89. The molecule has 0 aliphatic carbocycles. The average molecular weight is 359 g/mol. The Morgan fingerprint density at radius 3 is 2.65 bits per heavy atom. The van der Waals surface area contributed by atoms with Crippen LogP contribution in [0.1, 0.15) is 36.8 Å². The molecule has 0 saturated carbocycles. The molecule has 2 amide bonds. The monoisotopic (exact) mass is 359 g/mol. The van der Waals surface area contributed by atoms with E-state index in [0.29, 0.717) is 29.4 Å². The molecule has 1 atom stereocenters. The van der Waals surface area contributed by atoms with Gasteiger partial charge in [-0.3, -0.25) is 9.59 Å². The lowest BCUT2D eigenvalue weighted by molar-refractivity contribution is -0.135. The van der Waals surface area contributed by atoms with Crippen LogP contribution in [0.2, 0.25) is 0 Å². The Morgan fingerprint density at radius 2 is 2.08 bits per heavy atom. The number of nitrogens with one attached hydrogen (secondary N) is 1. The molecule has 1 heterocycles. The Bertz CT molecular complexity index is 765. The van der Waals surface area contributed by atoms with Gasteiger partial charge in [-0.15, -0.1) is 0 Å². The minimum absolute atomic E-state index is 0.0275. The highest BCUT2D eigenvalue weighted by molar-refractivity contribution is 5.95. The number of ether oxygens (including phenoxy) is 1. The van der Waals surface area contributed by atoms with Crippen molar-refractivity contribution in [2.75, 3.05) is 25.5 Å². The molecular weight excluding hydrogens is 334 g/mol. The first-order chi connectivity index (χ1) is 12.4. The van der Waals surface area contributed by atoms with E-state index in [1.165, 1.54) is 4.90 Å². The van der Waals surface area contributed by atoms with Gasteiger partial charge in [0.2, 0.25) is 11.8 Å². The molecule has 0 aliphatic heterocycles. The fourth-order valence-corrected chi connectivity index (χ4v) is 2.93. The number of anilines is 1. The van der Waals surface area contributed by atoms with Crippen molar-refractivity contribution in [3.05, 3.63) is 41.3 Å². The molecule has 7 heteroatoms. The maximum atomic E-state index is 12.8. The van der Waals surface area contributed by atoms with Gasteiger partial charge in [0.1, 0.15) is 11.5 Å². The molecule has 2 rings (SSSR count). The zero-order valence-corrected chi connectivity index (χ0v) is 15.8. The Morgan fingerprint density at radius 1 is 1.35 bits per heavy atom. The third kappa shape index (κ3) is 4.41. The van der Waals surface area contributed by atoms with E-state index in [1.807, 2.05) is 6.92 Å². The lowest BCUT2D eigenvalue weighted by Crippen LogP contribution is -2.40. The molecule has 0 radical (unpaired) electrons. The van der Waals surface area contributed by atoms with Crippen molar-refractivity contribution >= 4 is 17.5 Å². The molecule has 26 heavy (non-hydrogen) atoms. The number of hydrogen-bond donors (Lipinski definition) is 1. The summed E-state index contributed by atoms with van der Waals surface area (Å²) in [5.41, 5.74) is 2.10. The van der Waals surface area contributed by atoms with E-state index in [-0.39, 0.29) is 18.4 Å². The number of likely N-dealkylation sites (N-methyl/N-ethyl adjacent to an activating group) is 1. The van der Waals surface area contributed by atoms with Crippen LogP contribution in [-0.4, -0.2) is 42.1 Å². The van der Waals surface area contributed by atoms with Gasteiger partial charge in [-0.2, -0.15) is 0 Å². The van der Waals surface area contributed by atoms with E-state index in [9.17, 15) is 9.59 Å². The highest BCUT2D eigenvalue weighted by Crippen LogP contribution is 2.25. The summed E-state index contributed by atoms with van der Waals surface area (Å²) in [5, 5.41) is 6.69. The van der Waals surface area contributed by atoms with E-state index in [4.69, 9.17) is 9.26 Å². The third-order valence-electron chi connectivity index (χ3n) is 4.27. The van der Waals surface area contributed by atoms with E-state index in [2.05, 4.69) is 10.5 Å². The standard InChI is InChI=1S/C19H25N3O4/c1-6-22(19(24)12(2)18-13(3)21-26-14(18)4)11-17(23)20-15-8-7-9-16(10-15)25-5/h7-10,12H,6,11H2,1-5H3,(H,20,23). The van der Waals surface area contributed by atoms with Crippen molar-refractivity contribution in [2.45, 2.75) is 33.6 Å². The molecule has 0 aliphatic rings. The number of carbonyl (C=O) groups excluding carboxylic acids is 2. The first-order valence-electron chi connectivity index (χ1n) is 8.52.